The highest BCUT2D eigenvalue weighted by Crippen LogP contribution is 2.30. The van der Waals surface area contributed by atoms with Crippen molar-refractivity contribution >= 4 is 0 Å². The van der Waals surface area contributed by atoms with Crippen molar-refractivity contribution in [2.24, 2.45) is 0 Å². The Bertz CT molecular complexity index is 333. The van der Waals surface area contributed by atoms with E-state index in [-0.39, 0.29) is 0 Å². The molecule has 0 saturated heterocycles. The number of benzene rings is 1. The SMILES string of the molecule is C#Cc1cccc(O)c1C(C)CC. The van der Waals surface area contributed by atoms with E-state index in [2.05, 4.69) is 19.8 Å². The largest absolute Gasteiger partial charge is 0.508 e. The fraction of sp³-hybridized carbons (Fsp3) is 0.333. The van der Waals surface area contributed by atoms with Gasteiger partial charge in [0.2, 0.25) is 0 Å². The normalized spacial score (nSPS) is 12.1. The summed E-state index contributed by atoms with van der Waals surface area (Å²) in [6, 6.07) is 5.32. The molecular weight excluding hydrogens is 160 g/mol. The molecule has 1 nitrogen and oxygen atoms in total. The lowest BCUT2D eigenvalue weighted by Gasteiger charge is -2.13. The van der Waals surface area contributed by atoms with E-state index in [0.29, 0.717) is 11.7 Å². The highest BCUT2D eigenvalue weighted by Gasteiger charge is 2.11. The fourth-order valence-corrected chi connectivity index (χ4v) is 1.40. The van der Waals surface area contributed by atoms with Crippen LogP contribution in [0.1, 0.15) is 37.3 Å². The van der Waals surface area contributed by atoms with E-state index in [1.165, 1.54) is 0 Å². The van der Waals surface area contributed by atoms with Gasteiger partial charge >= 0.3 is 0 Å². The van der Waals surface area contributed by atoms with Crippen molar-refractivity contribution in [2.75, 3.05) is 0 Å². The molecule has 1 aromatic rings. The van der Waals surface area contributed by atoms with E-state index >= 15 is 0 Å². The summed E-state index contributed by atoms with van der Waals surface area (Å²) in [5.74, 6) is 3.21. The Balaban J connectivity index is 3.24. The highest BCUT2D eigenvalue weighted by atomic mass is 16.3. The zero-order chi connectivity index (χ0) is 9.84. The molecule has 68 valence electrons. The summed E-state index contributed by atoms with van der Waals surface area (Å²) in [5.41, 5.74) is 1.70. The lowest BCUT2D eigenvalue weighted by Crippen LogP contribution is -1.95. The molecule has 1 unspecified atom stereocenters. The van der Waals surface area contributed by atoms with Gasteiger partial charge in [-0.1, -0.05) is 25.8 Å². The smallest absolute Gasteiger partial charge is 0.120 e. The Morgan fingerprint density at radius 3 is 2.77 bits per heavy atom. The van der Waals surface area contributed by atoms with Gasteiger partial charge in [-0.2, -0.15) is 0 Å². The number of hydrogen-bond acceptors (Lipinski definition) is 1. The van der Waals surface area contributed by atoms with Gasteiger partial charge < -0.3 is 5.11 Å². The Labute approximate surface area is 79.4 Å². The standard InChI is InChI=1S/C12H14O/c1-4-9(3)12-10(5-2)7-6-8-11(12)13/h2,6-9,13H,4H2,1,3H3. The first kappa shape index (κ1) is 9.67. The molecule has 1 N–H and O–H groups in total. The predicted octanol–water partition coefficient (Wildman–Crippen LogP) is 2.89. The Hall–Kier alpha value is -1.42. The van der Waals surface area contributed by atoms with Gasteiger partial charge in [0.25, 0.3) is 0 Å². The second-order valence-electron chi connectivity index (χ2n) is 3.19. The van der Waals surface area contributed by atoms with Crippen LogP contribution >= 0.6 is 0 Å². The van der Waals surface area contributed by atoms with Crippen LogP contribution in [0.25, 0.3) is 0 Å². The Morgan fingerprint density at radius 2 is 2.23 bits per heavy atom. The van der Waals surface area contributed by atoms with Crippen LogP contribution in [0.4, 0.5) is 0 Å². The molecule has 1 aromatic carbocycles. The molecule has 0 aliphatic rings. The molecule has 1 heteroatoms. The number of terminal acetylenes is 1. The van der Waals surface area contributed by atoms with Crippen LogP contribution in [0.15, 0.2) is 18.2 Å². The maximum atomic E-state index is 9.63. The molecule has 0 aliphatic carbocycles. The summed E-state index contributed by atoms with van der Waals surface area (Å²) in [6.07, 6.45) is 6.33. The first-order valence-electron chi connectivity index (χ1n) is 4.49. The van der Waals surface area contributed by atoms with E-state index < -0.39 is 0 Å². The van der Waals surface area contributed by atoms with Crippen molar-refractivity contribution in [3.05, 3.63) is 29.3 Å². The van der Waals surface area contributed by atoms with Crippen molar-refractivity contribution in [1.82, 2.24) is 0 Å². The molecule has 0 spiro atoms. The predicted molar refractivity (Wildman–Crippen MR) is 54.7 cm³/mol. The van der Waals surface area contributed by atoms with Crippen LogP contribution in [-0.2, 0) is 0 Å². The Kier molecular flexibility index (Phi) is 2.97. The minimum absolute atomic E-state index is 0.310. The van der Waals surface area contributed by atoms with Crippen molar-refractivity contribution in [2.45, 2.75) is 26.2 Å². The van der Waals surface area contributed by atoms with Gasteiger partial charge in [0.05, 0.1) is 0 Å². The Morgan fingerprint density at radius 1 is 1.54 bits per heavy atom. The third-order valence-corrected chi connectivity index (χ3v) is 2.34. The molecule has 0 bridgehead atoms. The zero-order valence-corrected chi connectivity index (χ0v) is 8.04. The van der Waals surface area contributed by atoms with E-state index in [1.807, 2.05) is 6.07 Å². The summed E-state index contributed by atoms with van der Waals surface area (Å²) < 4.78 is 0. The van der Waals surface area contributed by atoms with Gasteiger partial charge in [-0.15, -0.1) is 6.42 Å². The zero-order valence-electron chi connectivity index (χ0n) is 8.04. The van der Waals surface area contributed by atoms with E-state index in [9.17, 15) is 5.11 Å². The van der Waals surface area contributed by atoms with Gasteiger partial charge in [-0.3, -0.25) is 0 Å². The van der Waals surface area contributed by atoms with Gasteiger partial charge in [-0.05, 0) is 24.5 Å². The summed E-state index contributed by atoms with van der Waals surface area (Å²) in [5, 5.41) is 9.63. The van der Waals surface area contributed by atoms with Gasteiger partial charge in [-0.25, -0.2) is 0 Å². The van der Waals surface area contributed by atoms with Crippen LogP contribution in [-0.4, -0.2) is 5.11 Å². The number of aromatic hydroxyl groups is 1. The molecule has 0 aromatic heterocycles. The monoisotopic (exact) mass is 174 g/mol. The molecule has 0 fully saturated rings. The van der Waals surface area contributed by atoms with Crippen LogP contribution in [0, 0.1) is 12.3 Å². The van der Waals surface area contributed by atoms with Crippen LogP contribution in [0.2, 0.25) is 0 Å². The molecule has 0 aliphatic heterocycles. The van der Waals surface area contributed by atoms with Crippen molar-refractivity contribution in [3.63, 3.8) is 0 Å². The molecule has 0 radical (unpaired) electrons. The summed E-state index contributed by atoms with van der Waals surface area (Å²) in [6.45, 7) is 4.15. The minimum Gasteiger partial charge on any atom is -0.508 e. The second-order valence-corrected chi connectivity index (χ2v) is 3.19. The topological polar surface area (TPSA) is 20.2 Å². The molecule has 1 atom stereocenters. The summed E-state index contributed by atoms with van der Waals surface area (Å²) in [4.78, 5) is 0. The lowest BCUT2D eigenvalue weighted by atomic mass is 9.93. The number of hydrogen-bond donors (Lipinski definition) is 1. The molecular formula is C12H14O. The van der Waals surface area contributed by atoms with Gasteiger partial charge in [0.1, 0.15) is 5.75 Å². The lowest BCUT2D eigenvalue weighted by molar-refractivity contribution is 0.461. The van der Waals surface area contributed by atoms with E-state index in [0.717, 1.165) is 17.5 Å². The maximum Gasteiger partial charge on any atom is 0.120 e. The number of phenolic OH excluding ortho intramolecular Hbond substituents is 1. The first-order chi connectivity index (χ1) is 6.20. The molecule has 0 amide bonds. The average Bonchev–Trinajstić information content (AvgIpc) is 2.16. The van der Waals surface area contributed by atoms with Crippen LogP contribution in [0.5, 0.6) is 5.75 Å². The minimum atomic E-state index is 0.310. The maximum absolute atomic E-state index is 9.63. The second kappa shape index (κ2) is 4.00. The van der Waals surface area contributed by atoms with Crippen molar-refractivity contribution in [1.29, 1.82) is 0 Å². The molecule has 13 heavy (non-hydrogen) atoms. The third kappa shape index (κ3) is 1.84. The van der Waals surface area contributed by atoms with Crippen LogP contribution < -0.4 is 0 Å². The van der Waals surface area contributed by atoms with E-state index in [1.54, 1.807) is 12.1 Å². The highest BCUT2D eigenvalue weighted by molar-refractivity contribution is 5.49. The van der Waals surface area contributed by atoms with Gasteiger partial charge in [0.15, 0.2) is 0 Å². The van der Waals surface area contributed by atoms with Crippen molar-refractivity contribution in [3.8, 4) is 18.1 Å². The van der Waals surface area contributed by atoms with Gasteiger partial charge in [0, 0.05) is 11.1 Å². The quantitative estimate of drug-likeness (QED) is 0.683. The van der Waals surface area contributed by atoms with E-state index in [4.69, 9.17) is 6.42 Å². The third-order valence-electron chi connectivity index (χ3n) is 2.34. The van der Waals surface area contributed by atoms with Crippen molar-refractivity contribution < 1.29 is 5.11 Å². The first-order valence-corrected chi connectivity index (χ1v) is 4.49. The summed E-state index contributed by atoms with van der Waals surface area (Å²) >= 11 is 0. The molecule has 1 rings (SSSR count). The number of rotatable bonds is 2. The fourth-order valence-electron chi connectivity index (χ4n) is 1.40. The molecule has 0 saturated carbocycles. The molecule has 0 heterocycles. The summed E-state index contributed by atoms with van der Waals surface area (Å²) in [7, 11) is 0. The average molecular weight is 174 g/mol. The van der Waals surface area contributed by atoms with Crippen LogP contribution in [0.3, 0.4) is 0 Å². The number of phenols is 1.